The highest BCUT2D eigenvalue weighted by Crippen LogP contribution is 2.29. The van der Waals surface area contributed by atoms with Crippen molar-refractivity contribution in [1.82, 2.24) is 14.6 Å². The van der Waals surface area contributed by atoms with Crippen molar-refractivity contribution in [2.75, 3.05) is 0 Å². The van der Waals surface area contributed by atoms with Gasteiger partial charge in [0.25, 0.3) is 0 Å². The first-order valence-corrected chi connectivity index (χ1v) is 5.70. The molecule has 98 valence electrons. The van der Waals surface area contributed by atoms with Gasteiger partial charge in [0.1, 0.15) is 10.3 Å². The van der Waals surface area contributed by atoms with Crippen LogP contribution in [0.1, 0.15) is 32.2 Å². The van der Waals surface area contributed by atoms with Gasteiger partial charge >= 0.3 is 6.18 Å². The molecule has 2 rings (SSSR count). The number of alkyl halides is 3. The SMILES string of the molecule is CC(C)(C)c1cc2nc(C(F)(F)F)cc(=S)n2[nH]1. The van der Waals surface area contributed by atoms with E-state index >= 15 is 0 Å². The molecule has 0 radical (unpaired) electrons. The molecular weight excluding hydrogens is 263 g/mol. The highest BCUT2D eigenvalue weighted by molar-refractivity contribution is 7.71. The maximum Gasteiger partial charge on any atom is 0.433 e. The number of nitrogens with zero attached hydrogens (tertiary/aromatic N) is 2. The lowest BCUT2D eigenvalue weighted by Gasteiger charge is -2.14. The lowest BCUT2D eigenvalue weighted by Crippen LogP contribution is -2.12. The Labute approximate surface area is 107 Å². The summed E-state index contributed by atoms with van der Waals surface area (Å²) in [5.41, 5.74) is -0.222. The summed E-state index contributed by atoms with van der Waals surface area (Å²) in [4.78, 5) is 3.58. The molecule has 2 heterocycles. The Hall–Kier alpha value is -1.37. The fourth-order valence-electron chi connectivity index (χ4n) is 1.52. The molecule has 1 N–H and O–H groups in total. The van der Waals surface area contributed by atoms with Gasteiger partial charge < -0.3 is 0 Å². The fourth-order valence-corrected chi connectivity index (χ4v) is 1.77. The molecule has 0 aliphatic heterocycles. The number of hydrogen-bond donors (Lipinski definition) is 1. The second-order valence-corrected chi connectivity index (χ2v) is 5.51. The first kappa shape index (κ1) is 13.1. The Kier molecular flexibility index (Phi) is 2.77. The number of halogens is 3. The molecule has 0 unspecified atom stereocenters. The molecule has 0 saturated heterocycles. The van der Waals surface area contributed by atoms with Gasteiger partial charge in [-0.3, -0.25) is 5.10 Å². The second kappa shape index (κ2) is 3.81. The third-order valence-corrected chi connectivity index (χ3v) is 2.85. The molecule has 18 heavy (non-hydrogen) atoms. The minimum atomic E-state index is -4.48. The van der Waals surface area contributed by atoms with E-state index in [0.717, 1.165) is 11.8 Å². The molecule has 0 aliphatic rings. The number of rotatable bonds is 0. The van der Waals surface area contributed by atoms with Crippen molar-refractivity contribution in [1.29, 1.82) is 0 Å². The van der Waals surface area contributed by atoms with E-state index in [1.165, 1.54) is 4.52 Å². The molecule has 0 fully saturated rings. The zero-order valence-electron chi connectivity index (χ0n) is 10.1. The van der Waals surface area contributed by atoms with E-state index in [9.17, 15) is 13.2 Å². The number of nitrogens with one attached hydrogen (secondary N) is 1. The Balaban J connectivity index is 2.71. The van der Waals surface area contributed by atoms with Gasteiger partial charge in [0.05, 0.1) is 0 Å². The topological polar surface area (TPSA) is 33.1 Å². The first-order valence-electron chi connectivity index (χ1n) is 5.29. The number of fused-ring (bicyclic) bond motifs is 1. The quantitative estimate of drug-likeness (QED) is 0.743. The van der Waals surface area contributed by atoms with Crippen molar-refractivity contribution in [3.8, 4) is 0 Å². The Morgan fingerprint density at radius 2 is 1.83 bits per heavy atom. The van der Waals surface area contributed by atoms with E-state index in [-0.39, 0.29) is 15.7 Å². The van der Waals surface area contributed by atoms with Gasteiger partial charge in [-0.2, -0.15) is 13.2 Å². The molecule has 2 aromatic heterocycles. The van der Waals surface area contributed by atoms with Crippen molar-refractivity contribution in [3.63, 3.8) is 0 Å². The number of aromatic nitrogens is 3. The second-order valence-electron chi connectivity index (χ2n) is 5.09. The van der Waals surface area contributed by atoms with Crippen LogP contribution in [0.5, 0.6) is 0 Å². The lowest BCUT2D eigenvalue weighted by molar-refractivity contribution is -0.141. The summed E-state index contributed by atoms with van der Waals surface area (Å²) in [7, 11) is 0. The highest BCUT2D eigenvalue weighted by Gasteiger charge is 2.33. The molecule has 0 aliphatic carbocycles. The zero-order chi connectivity index (χ0) is 13.7. The van der Waals surface area contributed by atoms with Gasteiger partial charge in [-0.25, -0.2) is 9.50 Å². The van der Waals surface area contributed by atoms with E-state index in [4.69, 9.17) is 12.2 Å². The molecule has 0 aromatic carbocycles. The van der Waals surface area contributed by atoms with Gasteiger partial charge in [0.2, 0.25) is 0 Å². The smallest absolute Gasteiger partial charge is 0.295 e. The van der Waals surface area contributed by atoms with Crippen LogP contribution in [0.25, 0.3) is 5.65 Å². The van der Waals surface area contributed by atoms with Crippen molar-refractivity contribution < 1.29 is 13.2 Å². The third-order valence-electron chi connectivity index (χ3n) is 2.55. The molecule has 0 spiro atoms. The van der Waals surface area contributed by atoms with Gasteiger partial charge in [0.15, 0.2) is 5.65 Å². The van der Waals surface area contributed by atoms with Gasteiger partial charge in [-0.05, 0) is 0 Å². The van der Waals surface area contributed by atoms with E-state index < -0.39 is 11.9 Å². The predicted octanol–water partition coefficient (Wildman–Crippen LogP) is 3.71. The molecular formula is C11H12F3N3S. The van der Waals surface area contributed by atoms with E-state index in [1.54, 1.807) is 6.07 Å². The Morgan fingerprint density at radius 1 is 1.22 bits per heavy atom. The molecule has 0 amide bonds. The largest absolute Gasteiger partial charge is 0.433 e. The van der Waals surface area contributed by atoms with Crippen LogP contribution in [0.15, 0.2) is 12.1 Å². The molecule has 0 atom stereocenters. The van der Waals surface area contributed by atoms with Gasteiger partial charge in [-0.15, -0.1) is 0 Å². The predicted molar refractivity (Wildman–Crippen MR) is 64.1 cm³/mol. The van der Waals surface area contributed by atoms with Gasteiger partial charge in [0, 0.05) is 23.2 Å². The minimum absolute atomic E-state index is 0.0582. The third kappa shape index (κ3) is 2.27. The fraction of sp³-hybridized carbons (Fsp3) is 0.455. The molecule has 2 aromatic rings. The normalized spacial score (nSPS) is 13.2. The number of aromatic amines is 1. The minimum Gasteiger partial charge on any atom is -0.295 e. The maximum absolute atomic E-state index is 12.6. The molecule has 3 nitrogen and oxygen atoms in total. The van der Waals surface area contributed by atoms with Crippen LogP contribution >= 0.6 is 12.2 Å². The number of H-pyrrole nitrogens is 1. The highest BCUT2D eigenvalue weighted by atomic mass is 32.1. The van der Waals surface area contributed by atoms with Crippen LogP contribution in [0, 0.1) is 4.64 Å². The first-order chi connectivity index (χ1) is 8.09. The summed E-state index contributed by atoms with van der Waals surface area (Å²) in [5, 5.41) is 2.97. The summed E-state index contributed by atoms with van der Waals surface area (Å²) in [6, 6.07) is 2.44. The zero-order valence-corrected chi connectivity index (χ0v) is 10.9. The standard InChI is InChI=1S/C11H12F3N3S/c1-10(2,3)6-4-8-15-7(11(12,13)14)5-9(18)17(8)16-6/h4-5,16H,1-3H3. The van der Waals surface area contributed by atoms with Crippen molar-refractivity contribution in [2.24, 2.45) is 0 Å². The summed E-state index contributed by atoms with van der Waals surface area (Å²) < 4.78 is 39.3. The average Bonchev–Trinajstić information content (AvgIpc) is 2.59. The molecule has 0 saturated carbocycles. The summed E-state index contributed by atoms with van der Waals surface area (Å²) in [6.07, 6.45) is -4.48. The maximum atomic E-state index is 12.6. The summed E-state index contributed by atoms with van der Waals surface area (Å²) >= 11 is 4.94. The number of hydrogen-bond acceptors (Lipinski definition) is 2. The summed E-state index contributed by atoms with van der Waals surface area (Å²) in [5.74, 6) is 0. The van der Waals surface area contributed by atoms with E-state index in [0.29, 0.717) is 0 Å². The van der Waals surface area contributed by atoms with Crippen LogP contribution in [0.4, 0.5) is 13.2 Å². The molecule has 7 heteroatoms. The Morgan fingerprint density at radius 3 is 2.33 bits per heavy atom. The monoisotopic (exact) mass is 275 g/mol. The Bertz CT molecular complexity index is 646. The van der Waals surface area contributed by atoms with E-state index in [2.05, 4.69) is 10.1 Å². The summed E-state index contributed by atoms with van der Waals surface area (Å²) in [6.45, 7) is 5.85. The van der Waals surface area contributed by atoms with Gasteiger partial charge in [-0.1, -0.05) is 33.0 Å². The lowest BCUT2D eigenvalue weighted by atomic mass is 9.93. The molecule has 0 bridgehead atoms. The van der Waals surface area contributed by atoms with Crippen LogP contribution in [0.3, 0.4) is 0 Å². The van der Waals surface area contributed by atoms with E-state index in [1.807, 2.05) is 20.8 Å². The van der Waals surface area contributed by atoms with Crippen LogP contribution < -0.4 is 0 Å². The average molecular weight is 275 g/mol. The van der Waals surface area contributed by atoms with Crippen molar-refractivity contribution >= 4 is 17.9 Å². The van der Waals surface area contributed by atoms with Crippen LogP contribution in [-0.2, 0) is 11.6 Å². The van der Waals surface area contributed by atoms with Crippen molar-refractivity contribution in [3.05, 3.63) is 28.2 Å². The van der Waals surface area contributed by atoms with Crippen LogP contribution in [-0.4, -0.2) is 14.6 Å². The van der Waals surface area contributed by atoms with Crippen LogP contribution in [0.2, 0.25) is 0 Å². The van der Waals surface area contributed by atoms with Crippen molar-refractivity contribution in [2.45, 2.75) is 32.4 Å².